The van der Waals surface area contributed by atoms with Crippen LogP contribution in [-0.4, -0.2) is 23.7 Å². The Bertz CT molecular complexity index is 147. The maximum Gasteiger partial charge on any atom is 0.320 e. The number of nitrogens with one attached hydrogen (secondary N) is 1. The van der Waals surface area contributed by atoms with Crippen molar-refractivity contribution in [2.45, 2.75) is 32.2 Å². The van der Waals surface area contributed by atoms with Gasteiger partial charge in [0.05, 0.1) is 0 Å². The summed E-state index contributed by atoms with van der Waals surface area (Å²) in [5.74, 6) is -0.0968. The molecule has 0 spiro atoms. The van der Waals surface area contributed by atoms with E-state index < -0.39 is 5.97 Å². The molecule has 64 valence electrons. The zero-order chi connectivity index (χ0) is 8.27. The van der Waals surface area contributed by atoms with Crippen molar-refractivity contribution in [2.24, 2.45) is 5.92 Å². The first-order chi connectivity index (χ1) is 5.24. The summed E-state index contributed by atoms with van der Waals surface area (Å²) in [4.78, 5) is 10.6. The monoisotopic (exact) mass is 157 g/mol. The van der Waals surface area contributed by atoms with Crippen LogP contribution in [0.3, 0.4) is 0 Å². The molecular formula is C8H15NO2. The predicted octanol–water partition coefficient (Wildman–Crippen LogP) is 0.849. The summed E-state index contributed by atoms with van der Waals surface area (Å²) in [5, 5.41) is 11.7. The molecule has 1 fully saturated rings. The number of rotatable bonds is 2. The summed E-state index contributed by atoms with van der Waals surface area (Å²) >= 11 is 0. The van der Waals surface area contributed by atoms with Gasteiger partial charge in [0.25, 0.3) is 0 Å². The average Bonchev–Trinajstić information content (AvgIpc) is 2.05. The lowest BCUT2D eigenvalue weighted by molar-refractivity contribution is -0.140. The lowest BCUT2D eigenvalue weighted by Gasteiger charge is -2.26. The van der Waals surface area contributed by atoms with Gasteiger partial charge in [-0.05, 0) is 25.3 Å². The van der Waals surface area contributed by atoms with Gasteiger partial charge in [-0.1, -0.05) is 13.3 Å². The molecule has 0 amide bonds. The third kappa shape index (κ3) is 2.19. The van der Waals surface area contributed by atoms with Crippen molar-refractivity contribution in [3.63, 3.8) is 0 Å². The molecule has 1 aliphatic rings. The fourth-order valence-corrected chi connectivity index (χ4v) is 1.56. The molecule has 0 aromatic rings. The minimum atomic E-state index is -0.705. The van der Waals surface area contributed by atoms with Gasteiger partial charge in [0.2, 0.25) is 0 Å². The third-order valence-electron chi connectivity index (χ3n) is 2.39. The quantitative estimate of drug-likeness (QED) is 0.624. The molecule has 0 aromatic carbocycles. The van der Waals surface area contributed by atoms with Gasteiger partial charge in [0, 0.05) is 0 Å². The van der Waals surface area contributed by atoms with Crippen molar-refractivity contribution in [3.05, 3.63) is 0 Å². The highest BCUT2D eigenvalue weighted by Crippen LogP contribution is 2.18. The molecule has 3 heteroatoms. The first kappa shape index (κ1) is 8.53. The van der Waals surface area contributed by atoms with E-state index in [2.05, 4.69) is 12.2 Å². The molecule has 2 atom stereocenters. The van der Waals surface area contributed by atoms with Crippen molar-refractivity contribution >= 4 is 5.97 Å². The van der Waals surface area contributed by atoms with Crippen LogP contribution in [0.5, 0.6) is 0 Å². The highest BCUT2D eigenvalue weighted by atomic mass is 16.4. The van der Waals surface area contributed by atoms with Crippen molar-refractivity contribution in [1.82, 2.24) is 5.32 Å². The van der Waals surface area contributed by atoms with Gasteiger partial charge in [0.1, 0.15) is 6.04 Å². The second-order valence-corrected chi connectivity index (χ2v) is 3.14. The molecule has 0 radical (unpaired) electrons. The minimum absolute atomic E-state index is 0.298. The summed E-state index contributed by atoms with van der Waals surface area (Å²) in [6, 6.07) is -0.298. The number of carbonyl (C=O) groups is 1. The second kappa shape index (κ2) is 3.72. The molecule has 11 heavy (non-hydrogen) atoms. The lowest BCUT2D eigenvalue weighted by atomic mass is 9.90. The fraction of sp³-hybridized carbons (Fsp3) is 0.875. The lowest BCUT2D eigenvalue weighted by Crippen LogP contribution is -2.43. The van der Waals surface area contributed by atoms with E-state index in [1.165, 1.54) is 0 Å². The van der Waals surface area contributed by atoms with Crippen LogP contribution in [-0.2, 0) is 4.79 Å². The average molecular weight is 157 g/mol. The van der Waals surface area contributed by atoms with E-state index in [0.717, 1.165) is 25.8 Å². The highest BCUT2D eigenvalue weighted by molar-refractivity contribution is 5.73. The zero-order valence-corrected chi connectivity index (χ0v) is 6.84. The van der Waals surface area contributed by atoms with Crippen LogP contribution in [0.2, 0.25) is 0 Å². The van der Waals surface area contributed by atoms with Gasteiger partial charge in [0.15, 0.2) is 0 Å². The SMILES string of the molecule is CCC1CCN[C@H](C(=O)O)C1. The fourth-order valence-electron chi connectivity index (χ4n) is 1.56. The molecule has 1 unspecified atom stereocenters. The first-order valence-corrected chi connectivity index (χ1v) is 4.20. The van der Waals surface area contributed by atoms with Crippen LogP contribution < -0.4 is 5.32 Å². The number of piperidine rings is 1. The Labute approximate surface area is 66.8 Å². The molecule has 3 nitrogen and oxygen atoms in total. The summed E-state index contributed by atoms with van der Waals surface area (Å²) in [6.07, 6.45) is 3.03. The van der Waals surface area contributed by atoms with Gasteiger partial charge in [-0.15, -0.1) is 0 Å². The van der Waals surface area contributed by atoms with Crippen molar-refractivity contribution in [3.8, 4) is 0 Å². The third-order valence-corrected chi connectivity index (χ3v) is 2.39. The summed E-state index contributed by atoms with van der Waals surface area (Å²) in [5.41, 5.74) is 0. The molecule has 0 aliphatic carbocycles. The number of carboxylic acids is 1. The van der Waals surface area contributed by atoms with E-state index in [9.17, 15) is 4.79 Å². The number of aliphatic carboxylic acids is 1. The smallest absolute Gasteiger partial charge is 0.320 e. The summed E-state index contributed by atoms with van der Waals surface area (Å²) < 4.78 is 0. The maximum absolute atomic E-state index is 10.6. The second-order valence-electron chi connectivity index (χ2n) is 3.14. The van der Waals surface area contributed by atoms with Crippen LogP contribution in [0, 0.1) is 5.92 Å². The first-order valence-electron chi connectivity index (χ1n) is 4.20. The molecule has 1 rings (SSSR count). The van der Waals surface area contributed by atoms with Gasteiger partial charge in [-0.3, -0.25) is 4.79 Å². The summed E-state index contributed by atoms with van der Waals surface area (Å²) in [6.45, 7) is 2.98. The molecule has 0 saturated carbocycles. The van der Waals surface area contributed by atoms with E-state index >= 15 is 0 Å². The van der Waals surface area contributed by atoms with E-state index in [1.807, 2.05) is 0 Å². The Hall–Kier alpha value is -0.570. The molecule has 0 aromatic heterocycles. The number of hydrogen-bond acceptors (Lipinski definition) is 2. The molecule has 0 bridgehead atoms. The van der Waals surface area contributed by atoms with E-state index in [1.54, 1.807) is 0 Å². The topological polar surface area (TPSA) is 49.3 Å². The summed E-state index contributed by atoms with van der Waals surface area (Å²) in [7, 11) is 0. The van der Waals surface area contributed by atoms with Crippen molar-refractivity contribution < 1.29 is 9.90 Å². The Morgan fingerprint density at radius 2 is 2.45 bits per heavy atom. The largest absolute Gasteiger partial charge is 0.480 e. The van der Waals surface area contributed by atoms with Gasteiger partial charge in [-0.25, -0.2) is 0 Å². The van der Waals surface area contributed by atoms with Crippen LogP contribution in [0.4, 0.5) is 0 Å². The molecule has 1 aliphatic heterocycles. The Balaban J connectivity index is 2.39. The van der Waals surface area contributed by atoms with E-state index in [-0.39, 0.29) is 6.04 Å². The molecule has 1 saturated heterocycles. The van der Waals surface area contributed by atoms with Crippen LogP contribution in [0.1, 0.15) is 26.2 Å². The number of carboxylic acid groups (broad SMARTS) is 1. The van der Waals surface area contributed by atoms with Crippen molar-refractivity contribution in [2.75, 3.05) is 6.54 Å². The van der Waals surface area contributed by atoms with Crippen LogP contribution >= 0.6 is 0 Å². The van der Waals surface area contributed by atoms with E-state index in [0.29, 0.717) is 5.92 Å². The molecule has 2 N–H and O–H groups in total. The standard InChI is InChI=1S/C8H15NO2/c1-2-6-3-4-9-7(5-6)8(10)11/h6-7,9H,2-5H2,1H3,(H,10,11)/t6?,7-/m0/s1. The molecular weight excluding hydrogens is 142 g/mol. The van der Waals surface area contributed by atoms with Crippen LogP contribution in [0.15, 0.2) is 0 Å². The van der Waals surface area contributed by atoms with Gasteiger partial charge >= 0.3 is 5.97 Å². The van der Waals surface area contributed by atoms with E-state index in [4.69, 9.17) is 5.11 Å². The molecule has 1 heterocycles. The minimum Gasteiger partial charge on any atom is -0.480 e. The van der Waals surface area contributed by atoms with Gasteiger partial charge < -0.3 is 10.4 Å². The Morgan fingerprint density at radius 1 is 1.73 bits per heavy atom. The normalized spacial score (nSPS) is 31.7. The zero-order valence-electron chi connectivity index (χ0n) is 6.84. The highest BCUT2D eigenvalue weighted by Gasteiger charge is 2.24. The predicted molar refractivity (Wildman–Crippen MR) is 42.4 cm³/mol. The van der Waals surface area contributed by atoms with Crippen molar-refractivity contribution in [1.29, 1.82) is 0 Å². The Morgan fingerprint density at radius 3 is 3.00 bits per heavy atom. The Kier molecular flexibility index (Phi) is 2.88. The number of hydrogen-bond donors (Lipinski definition) is 2. The van der Waals surface area contributed by atoms with Gasteiger partial charge in [-0.2, -0.15) is 0 Å². The maximum atomic E-state index is 10.6. The van der Waals surface area contributed by atoms with Crippen LogP contribution in [0.25, 0.3) is 0 Å².